The number of amides is 1. The lowest BCUT2D eigenvalue weighted by Gasteiger charge is -2.22. The fourth-order valence-electron chi connectivity index (χ4n) is 5.51. The summed E-state index contributed by atoms with van der Waals surface area (Å²) < 4.78 is 32.6. The number of nitrogens with zero attached hydrogens (tertiary/aromatic N) is 3. The fourth-order valence-corrected chi connectivity index (χ4v) is 7.44. The molecule has 2 atom stereocenters. The van der Waals surface area contributed by atoms with Gasteiger partial charge in [0.2, 0.25) is 0 Å². The van der Waals surface area contributed by atoms with Crippen molar-refractivity contribution < 1.29 is 13.2 Å². The van der Waals surface area contributed by atoms with E-state index in [1.165, 1.54) is 22.4 Å². The molecule has 1 aliphatic rings. The Morgan fingerprint density at radius 2 is 1.66 bits per heavy atom. The van der Waals surface area contributed by atoms with Crippen molar-refractivity contribution in [2.24, 2.45) is 7.05 Å². The van der Waals surface area contributed by atoms with Gasteiger partial charge in [-0.1, -0.05) is 65.7 Å². The maximum atomic E-state index is 13.7. The van der Waals surface area contributed by atoms with E-state index in [1.54, 1.807) is 47.8 Å². The summed E-state index contributed by atoms with van der Waals surface area (Å²) in [6.45, 7) is 6.15. The Morgan fingerprint density at radius 3 is 2.34 bits per heavy atom. The summed E-state index contributed by atoms with van der Waals surface area (Å²) in [6.07, 6.45) is 0.783. The van der Waals surface area contributed by atoms with Gasteiger partial charge in [-0.25, -0.2) is 13.1 Å². The Morgan fingerprint density at radius 1 is 1.00 bits per heavy atom. The predicted octanol–water partition coefficient (Wildman–Crippen LogP) is 5.92. The number of carbonyl (C=O) groups excluding carboxylic acids is 1. The minimum Gasteiger partial charge on any atom is -0.335 e. The van der Waals surface area contributed by atoms with Gasteiger partial charge in [0.15, 0.2) is 0 Å². The number of carbonyl (C=O) groups is 1. The van der Waals surface area contributed by atoms with E-state index in [4.69, 9.17) is 23.2 Å². The number of hydrogen-bond acceptors (Lipinski definition) is 4. The Hall–Kier alpha value is -3.53. The van der Waals surface area contributed by atoms with Crippen molar-refractivity contribution in [1.29, 1.82) is 0 Å². The Kier molecular flexibility index (Phi) is 7.80. The molecular formula is C30H30Cl2N4O4S. The van der Waals surface area contributed by atoms with Crippen LogP contribution in [0.15, 0.2) is 76.4 Å². The molecule has 0 bridgehead atoms. The molecule has 0 aliphatic carbocycles. The molecule has 1 saturated heterocycles. The first-order valence-electron chi connectivity index (χ1n) is 13.1. The number of benzene rings is 3. The summed E-state index contributed by atoms with van der Waals surface area (Å²) in [6, 6.07) is 19.5. The number of rotatable bonds is 6. The fraction of sp³-hybridized carbons (Fsp3) is 0.267. The third-order valence-electron chi connectivity index (χ3n) is 7.79. The molecule has 2 unspecified atom stereocenters. The lowest BCUT2D eigenvalue weighted by atomic mass is 9.93. The summed E-state index contributed by atoms with van der Waals surface area (Å²) >= 11 is 12.7. The van der Waals surface area contributed by atoms with Gasteiger partial charge in [0.05, 0.1) is 21.4 Å². The van der Waals surface area contributed by atoms with Gasteiger partial charge in [-0.2, -0.15) is 0 Å². The number of likely N-dealkylation sites (tertiary alicyclic amines) is 1. The monoisotopic (exact) mass is 612 g/mol. The molecule has 1 fully saturated rings. The number of aryl methyl sites for hydroxylation is 1. The third-order valence-corrected chi connectivity index (χ3v) is 10.1. The van der Waals surface area contributed by atoms with Gasteiger partial charge in [0, 0.05) is 31.1 Å². The highest BCUT2D eigenvalue weighted by molar-refractivity contribution is 7.92. The summed E-state index contributed by atoms with van der Waals surface area (Å²) in [4.78, 5) is 28.4. The van der Waals surface area contributed by atoms with E-state index in [1.807, 2.05) is 25.1 Å². The summed E-state index contributed by atoms with van der Waals surface area (Å²) in [5.41, 5.74) is 2.74. The number of hydrogen-bond donors (Lipinski definition) is 1. The zero-order valence-corrected chi connectivity index (χ0v) is 25.4. The van der Waals surface area contributed by atoms with Crippen molar-refractivity contribution in [3.8, 4) is 5.69 Å². The summed E-state index contributed by atoms with van der Waals surface area (Å²) in [5, 5.41) is -0.313. The number of sulfonamides is 1. The largest absolute Gasteiger partial charge is 0.335 e. The van der Waals surface area contributed by atoms with Crippen molar-refractivity contribution in [2.75, 3.05) is 11.3 Å². The Balaban J connectivity index is 1.48. The molecule has 1 N–H and O–H groups in total. The molecule has 2 heterocycles. The van der Waals surface area contributed by atoms with Crippen molar-refractivity contribution in [1.82, 2.24) is 14.3 Å². The average molecular weight is 614 g/mol. The van der Waals surface area contributed by atoms with E-state index in [9.17, 15) is 18.0 Å². The zero-order chi connectivity index (χ0) is 29.6. The number of anilines is 1. The van der Waals surface area contributed by atoms with Gasteiger partial charge in [0.25, 0.3) is 21.5 Å². The van der Waals surface area contributed by atoms with Crippen molar-refractivity contribution >= 4 is 44.8 Å². The normalized spacial score (nSPS) is 17.2. The summed E-state index contributed by atoms with van der Waals surface area (Å²) in [7, 11) is -2.75. The minimum atomic E-state index is -4.41. The van der Waals surface area contributed by atoms with Crippen LogP contribution in [-0.2, 0) is 17.1 Å². The van der Waals surface area contributed by atoms with E-state index >= 15 is 0 Å². The minimum absolute atomic E-state index is 0.0665. The Labute approximate surface area is 249 Å². The van der Waals surface area contributed by atoms with Crippen LogP contribution < -0.4 is 10.3 Å². The van der Waals surface area contributed by atoms with Crippen LogP contribution in [0.25, 0.3) is 5.69 Å². The molecule has 0 saturated carbocycles. The molecule has 8 nitrogen and oxygen atoms in total. The maximum Gasteiger partial charge on any atom is 0.296 e. The van der Waals surface area contributed by atoms with E-state index in [-0.39, 0.29) is 44.1 Å². The van der Waals surface area contributed by atoms with Gasteiger partial charge < -0.3 is 4.90 Å². The van der Waals surface area contributed by atoms with Gasteiger partial charge in [-0.05, 0) is 62.6 Å². The van der Waals surface area contributed by atoms with E-state index in [0.717, 1.165) is 12.0 Å². The van der Waals surface area contributed by atoms with Gasteiger partial charge >= 0.3 is 0 Å². The second-order valence-corrected chi connectivity index (χ2v) is 12.8. The number of halogens is 2. The van der Waals surface area contributed by atoms with Crippen LogP contribution >= 0.6 is 23.2 Å². The standard InChI is InChI=1S/C30H30Cl2N4O4S/c1-18-10-8-9-13-24(18)22-14-19(2)35(17-22)29(37)21-15-25(31)27(32)26(16-21)41(39,40)33-28-20(3)34(4)36(30(28)38)23-11-6-5-7-12-23/h5-13,15-16,19,22,33H,14,17H2,1-4H3. The topological polar surface area (TPSA) is 93.4 Å². The van der Waals surface area contributed by atoms with Crippen LogP contribution in [0.5, 0.6) is 0 Å². The third kappa shape index (κ3) is 5.29. The molecule has 0 radical (unpaired) electrons. The van der Waals surface area contributed by atoms with E-state index in [2.05, 4.69) is 23.8 Å². The second-order valence-electron chi connectivity index (χ2n) is 10.4. The molecule has 41 heavy (non-hydrogen) atoms. The molecule has 11 heteroatoms. The van der Waals surface area contributed by atoms with Crippen molar-refractivity contribution in [2.45, 2.75) is 44.0 Å². The van der Waals surface area contributed by atoms with Crippen LogP contribution in [0.4, 0.5) is 5.69 Å². The highest BCUT2D eigenvalue weighted by atomic mass is 35.5. The molecule has 214 valence electrons. The number of para-hydroxylation sites is 1. The van der Waals surface area contributed by atoms with Gasteiger partial charge in [0.1, 0.15) is 10.6 Å². The van der Waals surface area contributed by atoms with E-state index < -0.39 is 15.6 Å². The highest BCUT2D eigenvalue weighted by Crippen LogP contribution is 2.36. The zero-order valence-electron chi connectivity index (χ0n) is 23.1. The maximum absolute atomic E-state index is 13.7. The predicted molar refractivity (Wildman–Crippen MR) is 162 cm³/mol. The first-order chi connectivity index (χ1) is 19.4. The van der Waals surface area contributed by atoms with Gasteiger partial charge in [-0.3, -0.25) is 19.0 Å². The van der Waals surface area contributed by atoms with Crippen LogP contribution in [0.1, 0.15) is 46.4 Å². The molecule has 3 aromatic carbocycles. The van der Waals surface area contributed by atoms with Crippen molar-refractivity contribution in [3.05, 3.63) is 110 Å². The smallest absolute Gasteiger partial charge is 0.296 e. The lowest BCUT2D eigenvalue weighted by Crippen LogP contribution is -2.34. The quantitative estimate of drug-likeness (QED) is 0.292. The second kappa shape index (κ2) is 11.0. The molecule has 1 amide bonds. The summed E-state index contributed by atoms with van der Waals surface area (Å²) in [5.74, 6) is -0.179. The van der Waals surface area contributed by atoms with Crippen LogP contribution in [0.2, 0.25) is 10.0 Å². The van der Waals surface area contributed by atoms with Crippen LogP contribution in [-0.4, -0.2) is 41.2 Å². The number of nitrogens with one attached hydrogen (secondary N) is 1. The molecule has 5 rings (SSSR count). The molecule has 1 aliphatic heterocycles. The average Bonchev–Trinajstić information content (AvgIpc) is 3.42. The molecule has 1 aromatic heterocycles. The molecular weight excluding hydrogens is 583 g/mol. The van der Waals surface area contributed by atoms with Crippen molar-refractivity contribution in [3.63, 3.8) is 0 Å². The lowest BCUT2D eigenvalue weighted by molar-refractivity contribution is 0.0745. The SMILES string of the molecule is Cc1ccccc1C1CC(C)N(C(=O)c2cc(Cl)c(Cl)c(S(=O)(=O)Nc3c(C)n(C)n(-c4ccccc4)c3=O)c2)C1. The highest BCUT2D eigenvalue weighted by Gasteiger charge is 2.35. The first kappa shape index (κ1) is 29.0. The van der Waals surface area contributed by atoms with E-state index in [0.29, 0.717) is 17.9 Å². The molecule has 4 aromatic rings. The number of aromatic nitrogens is 2. The van der Waals surface area contributed by atoms with Gasteiger partial charge in [-0.15, -0.1) is 0 Å². The first-order valence-corrected chi connectivity index (χ1v) is 15.4. The van der Waals surface area contributed by atoms with Crippen LogP contribution in [0, 0.1) is 13.8 Å². The van der Waals surface area contributed by atoms with Crippen LogP contribution in [0.3, 0.4) is 0 Å². The Bertz CT molecular complexity index is 1820. The molecule has 0 spiro atoms.